The van der Waals surface area contributed by atoms with E-state index in [1.54, 1.807) is 0 Å². The lowest BCUT2D eigenvalue weighted by Gasteiger charge is -1.98. The fourth-order valence-electron chi connectivity index (χ4n) is 1.24. The van der Waals surface area contributed by atoms with Crippen molar-refractivity contribution in [3.63, 3.8) is 0 Å². The van der Waals surface area contributed by atoms with Gasteiger partial charge in [0.1, 0.15) is 5.76 Å². The minimum atomic E-state index is 1.06. The summed E-state index contributed by atoms with van der Waals surface area (Å²) in [6.45, 7) is 4.42. The smallest absolute Gasteiger partial charge is 0.178 e. The molecular weight excluding hydrogens is 434 g/mol. The molecule has 0 aromatic carbocycles. The first kappa shape index (κ1) is 14.2. The van der Waals surface area contributed by atoms with E-state index < -0.39 is 0 Å². The van der Waals surface area contributed by atoms with E-state index in [9.17, 15) is 0 Å². The van der Waals surface area contributed by atoms with E-state index in [1.807, 2.05) is 11.8 Å². The highest BCUT2D eigenvalue weighted by atomic mass is 127. The Balaban J connectivity index is 2.69. The predicted molar refractivity (Wildman–Crippen MR) is 83.8 cm³/mol. The van der Waals surface area contributed by atoms with Gasteiger partial charge in [-0.2, -0.15) is 0 Å². The second kappa shape index (κ2) is 7.42. The highest BCUT2D eigenvalue weighted by molar-refractivity contribution is 14.1. The van der Waals surface area contributed by atoms with Gasteiger partial charge < -0.3 is 4.42 Å². The molecule has 1 rings (SSSR count). The SMILES string of the molecule is CCCCSc1c(I)oc(CCC)c1I. The highest BCUT2D eigenvalue weighted by Crippen LogP contribution is 2.35. The molecule has 86 valence electrons. The van der Waals surface area contributed by atoms with Gasteiger partial charge in [0.15, 0.2) is 3.77 Å². The van der Waals surface area contributed by atoms with Crippen LogP contribution in [-0.2, 0) is 6.42 Å². The fraction of sp³-hybridized carbons (Fsp3) is 0.636. The zero-order valence-electron chi connectivity index (χ0n) is 9.11. The lowest BCUT2D eigenvalue weighted by Crippen LogP contribution is -1.84. The van der Waals surface area contributed by atoms with Crippen molar-refractivity contribution >= 4 is 56.9 Å². The molecule has 0 saturated heterocycles. The summed E-state index contributed by atoms with van der Waals surface area (Å²) in [5.41, 5.74) is 0. The standard InChI is InChI=1S/C11H16I2OS/c1-3-5-7-15-10-9(12)8(6-4-2)14-11(10)13/h3-7H2,1-2H3. The Morgan fingerprint density at radius 2 is 1.93 bits per heavy atom. The van der Waals surface area contributed by atoms with Crippen LogP contribution in [0.15, 0.2) is 9.31 Å². The molecular formula is C11H16I2OS. The molecule has 0 bridgehead atoms. The van der Waals surface area contributed by atoms with E-state index in [0.717, 1.165) is 16.6 Å². The third-order valence-electron chi connectivity index (χ3n) is 2.06. The number of hydrogen-bond donors (Lipinski definition) is 0. The molecule has 0 fully saturated rings. The van der Waals surface area contributed by atoms with Crippen LogP contribution in [0.1, 0.15) is 38.9 Å². The minimum Gasteiger partial charge on any atom is -0.453 e. The summed E-state index contributed by atoms with van der Waals surface area (Å²) < 4.78 is 8.18. The van der Waals surface area contributed by atoms with Gasteiger partial charge in [-0.15, -0.1) is 11.8 Å². The lowest BCUT2D eigenvalue weighted by atomic mass is 10.3. The summed E-state index contributed by atoms with van der Waals surface area (Å²) in [4.78, 5) is 1.35. The molecule has 15 heavy (non-hydrogen) atoms. The maximum Gasteiger partial charge on any atom is 0.178 e. The van der Waals surface area contributed by atoms with E-state index in [4.69, 9.17) is 4.42 Å². The zero-order chi connectivity index (χ0) is 11.3. The molecule has 4 heteroatoms. The minimum absolute atomic E-state index is 1.06. The normalized spacial score (nSPS) is 10.9. The van der Waals surface area contributed by atoms with Crippen LogP contribution in [0.3, 0.4) is 0 Å². The van der Waals surface area contributed by atoms with Crippen LogP contribution in [0.5, 0.6) is 0 Å². The molecule has 1 aromatic heterocycles. The Kier molecular flexibility index (Phi) is 7.00. The number of thioether (sulfide) groups is 1. The van der Waals surface area contributed by atoms with E-state index in [1.165, 1.54) is 32.8 Å². The van der Waals surface area contributed by atoms with E-state index in [0.29, 0.717) is 0 Å². The average molecular weight is 450 g/mol. The van der Waals surface area contributed by atoms with Gasteiger partial charge in [-0.3, -0.25) is 0 Å². The Morgan fingerprint density at radius 1 is 1.20 bits per heavy atom. The number of furan rings is 1. The third-order valence-corrected chi connectivity index (χ3v) is 5.86. The second-order valence-corrected chi connectivity index (χ2v) is 6.56. The molecule has 0 spiro atoms. The van der Waals surface area contributed by atoms with E-state index >= 15 is 0 Å². The van der Waals surface area contributed by atoms with Crippen molar-refractivity contribution in [2.45, 2.75) is 44.4 Å². The van der Waals surface area contributed by atoms with Gasteiger partial charge in [-0.25, -0.2) is 0 Å². The molecule has 0 aliphatic carbocycles. The van der Waals surface area contributed by atoms with Crippen molar-refractivity contribution in [3.05, 3.63) is 13.1 Å². The van der Waals surface area contributed by atoms with E-state index in [2.05, 4.69) is 59.0 Å². The van der Waals surface area contributed by atoms with Crippen molar-refractivity contribution in [1.29, 1.82) is 0 Å². The van der Waals surface area contributed by atoms with Crippen LogP contribution < -0.4 is 0 Å². The molecule has 0 atom stereocenters. The summed E-state index contributed by atoms with van der Waals surface area (Å²) in [5, 5.41) is 0. The topological polar surface area (TPSA) is 13.1 Å². The second-order valence-electron chi connectivity index (χ2n) is 3.39. The summed E-state index contributed by atoms with van der Waals surface area (Å²) in [6.07, 6.45) is 4.76. The maximum absolute atomic E-state index is 5.77. The monoisotopic (exact) mass is 450 g/mol. The van der Waals surface area contributed by atoms with Gasteiger partial charge in [-0.1, -0.05) is 20.3 Å². The first-order valence-corrected chi connectivity index (χ1v) is 8.44. The quantitative estimate of drug-likeness (QED) is 0.330. The average Bonchev–Trinajstić information content (AvgIpc) is 2.46. The van der Waals surface area contributed by atoms with Crippen molar-refractivity contribution in [3.8, 4) is 0 Å². The van der Waals surface area contributed by atoms with Crippen LogP contribution in [-0.4, -0.2) is 5.75 Å². The number of aryl methyl sites for hydroxylation is 1. The maximum atomic E-state index is 5.77. The molecule has 0 radical (unpaired) electrons. The number of hydrogen-bond acceptors (Lipinski definition) is 2. The summed E-state index contributed by atoms with van der Waals surface area (Å²) in [6, 6.07) is 0. The van der Waals surface area contributed by atoms with Gasteiger partial charge in [0.05, 0.1) is 8.47 Å². The molecule has 0 aliphatic rings. The van der Waals surface area contributed by atoms with Crippen LogP contribution in [0.25, 0.3) is 0 Å². The number of rotatable bonds is 6. The van der Waals surface area contributed by atoms with E-state index in [-0.39, 0.29) is 0 Å². The first-order chi connectivity index (χ1) is 7.20. The van der Waals surface area contributed by atoms with Gasteiger partial charge in [-0.05, 0) is 41.2 Å². The molecule has 1 nitrogen and oxygen atoms in total. The van der Waals surface area contributed by atoms with Crippen LogP contribution >= 0.6 is 56.9 Å². The highest BCUT2D eigenvalue weighted by Gasteiger charge is 2.15. The molecule has 0 unspecified atom stereocenters. The Hall–Kier alpha value is 1.09. The van der Waals surface area contributed by atoms with Crippen molar-refractivity contribution < 1.29 is 4.42 Å². The Labute approximate surface area is 123 Å². The fourth-order valence-corrected chi connectivity index (χ4v) is 4.88. The molecule has 0 saturated carbocycles. The summed E-state index contributed by atoms with van der Waals surface area (Å²) in [5.74, 6) is 2.37. The Bertz CT molecular complexity index is 310. The lowest BCUT2D eigenvalue weighted by molar-refractivity contribution is 0.476. The largest absolute Gasteiger partial charge is 0.453 e. The first-order valence-electron chi connectivity index (χ1n) is 5.30. The molecule has 0 aliphatic heterocycles. The summed E-state index contributed by atoms with van der Waals surface area (Å²) in [7, 11) is 0. The van der Waals surface area contributed by atoms with Gasteiger partial charge in [0, 0.05) is 29.0 Å². The van der Waals surface area contributed by atoms with Crippen LogP contribution in [0.2, 0.25) is 0 Å². The predicted octanol–water partition coefficient (Wildman–Crippen LogP) is 5.33. The number of unbranched alkanes of at least 4 members (excludes halogenated alkanes) is 1. The third kappa shape index (κ3) is 4.11. The molecule has 0 amide bonds. The van der Waals surface area contributed by atoms with Crippen LogP contribution in [0, 0.1) is 7.34 Å². The van der Waals surface area contributed by atoms with Crippen molar-refractivity contribution in [2.75, 3.05) is 5.75 Å². The molecule has 1 heterocycles. The Morgan fingerprint density at radius 3 is 2.53 bits per heavy atom. The summed E-state index contributed by atoms with van der Waals surface area (Å²) >= 11 is 6.66. The zero-order valence-corrected chi connectivity index (χ0v) is 14.2. The molecule has 0 N–H and O–H groups in total. The van der Waals surface area contributed by atoms with Crippen molar-refractivity contribution in [1.82, 2.24) is 0 Å². The molecule has 1 aromatic rings. The van der Waals surface area contributed by atoms with Gasteiger partial charge in [0.25, 0.3) is 0 Å². The van der Waals surface area contributed by atoms with Crippen molar-refractivity contribution in [2.24, 2.45) is 0 Å². The van der Waals surface area contributed by atoms with Crippen LogP contribution in [0.4, 0.5) is 0 Å². The van der Waals surface area contributed by atoms with Gasteiger partial charge in [0.2, 0.25) is 0 Å². The van der Waals surface area contributed by atoms with Gasteiger partial charge >= 0.3 is 0 Å². The number of halogens is 2.